The Labute approximate surface area is 107 Å². The molecule has 1 aliphatic carbocycles. The van der Waals surface area contributed by atoms with Crippen molar-refractivity contribution < 1.29 is 9.26 Å². The van der Waals surface area contributed by atoms with E-state index in [4.69, 9.17) is 15.0 Å². The second-order valence-electron chi connectivity index (χ2n) is 6.30. The highest BCUT2D eigenvalue weighted by atomic mass is 16.5. The molecule has 1 unspecified atom stereocenters. The van der Waals surface area contributed by atoms with Crippen molar-refractivity contribution in [3.8, 4) is 0 Å². The second-order valence-corrected chi connectivity index (χ2v) is 6.30. The van der Waals surface area contributed by atoms with E-state index in [1.807, 2.05) is 0 Å². The fourth-order valence-corrected chi connectivity index (χ4v) is 2.77. The van der Waals surface area contributed by atoms with Crippen molar-refractivity contribution in [1.82, 2.24) is 10.1 Å². The molecule has 5 heteroatoms. The van der Waals surface area contributed by atoms with Crippen molar-refractivity contribution >= 4 is 0 Å². The predicted molar refractivity (Wildman–Crippen MR) is 66.2 cm³/mol. The summed E-state index contributed by atoms with van der Waals surface area (Å²) < 4.78 is 10.9. The Bertz CT molecular complexity index is 435. The third-order valence-electron chi connectivity index (χ3n) is 4.56. The standard InChI is InChI=1S/C13H21N3O2/c1-12(2)7-9(12)10-15-11(18-16-10)13(8-14)3-5-17-6-4-13/h9H,3-8,14H2,1-2H3. The highest BCUT2D eigenvalue weighted by molar-refractivity contribution is 5.17. The maximum absolute atomic E-state index is 5.94. The summed E-state index contributed by atoms with van der Waals surface area (Å²) in [5.41, 5.74) is 6.10. The second kappa shape index (κ2) is 4.03. The summed E-state index contributed by atoms with van der Waals surface area (Å²) in [6.45, 7) is 6.47. The van der Waals surface area contributed by atoms with E-state index in [1.165, 1.54) is 0 Å². The van der Waals surface area contributed by atoms with Gasteiger partial charge in [-0.1, -0.05) is 19.0 Å². The largest absolute Gasteiger partial charge is 0.381 e. The third kappa shape index (κ3) is 1.86. The average Bonchev–Trinajstić information content (AvgIpc) is 2.81. The molecule has 2 aliphatic rings. The summed E-state index contributed by atoms with van der Waals surface area (Å²) in [5.74, 6) is 2.02. The zero-order valence-corrected chi connectivity index (χ0v) is 11.1. The van der Waals surface area contributed by atoms with Crippen LogP contribution in [0.5, 0.6) is 0 Å². The van der Waals surface area contributed by atoms with Crippen LogP contribution in [-0.4, -0.2) is 29.9 Å². The molecule has 0 spiro atoms. The van der Waals surface area contributed by atoms with E-state index in [0.717, 1.165) is 38.3 Å². The monoisotopic (exact) mass is 251 g/mol. The van der Waals surface area contributed by atoms with Gasteiger partial charge in [-0.15, -0.1) is 0 Å². The van der Waals surface area contributed by atoms with Crippen molar-refractivity contribution in [2.45, 2.75) is 44.4 Å². The number of nitrogens with zero attached hydrogens (tertiary/aromatic N) is 2. The van der Waals surface area contributed by atoms with E-state index in [0.29, 0.717) is 23.8 Å². The van der Waals surface area contributed by atoms with E-state index >= 15 is 0 Å². The van der Waals surface area contributed by atoms with Crippen LogP contribution in [0.1, 0.15) is 50.7 Å². The van der Waals surface area contributed by atoms with Crippen LogP contribution in [0, 0.1) is 5.41 Å². The Kier molecular flexibility index (Phi) is 2.71. The van der Waals surface area contributed by atoms with Crippen molar-refractivity contribution in [2.24, 2.45) is 11.1 Å². The van der Waals surface area contributed by atoms with Gasteiger partial charge >= 0.3 is 0 Å². The fraction of sp³-hybridized carbons (Fsp3) is 0.846. The molecule has 1 atom stereocenters. The molecule has 0 amide bonds. The van der Waals surface area contributed by atoms with Gasteiger partial charge in [0.15, 0.2) is 5.82 Å². The first kappa shape index (κ1) is 12.1. The zero-order chi connectivity index (χ0) is 12.8. The minimum atomic E-state index is -0.164. The number of rotatable bonds is 3. The smallest absolute Gasteiger partial charge is 0.234 e. The fourth-order valence-electron chi connectivity index (χ4n) is 2.77. The molecule has 3 rings (SSSR count). The van der Waals surface area contributed by atoms with Crippen LogP contribution >= 0.6 is 0 Å². The molecule has 100 valence electrons. The maximum atomic E-state index is 5.94. The summed E-state index contributed by atoms with van der Waals surface area (Å²) in [4.78, 5) is 4.62. The van der Waals surface area contributed by atoms with Gasteiger partial charge in [0, 0.05) is 25.7 Å². The lowest BCUT2D eigenvalue weighted by Crippen LogP contribution is -2.40. The molecule has 2 fully saturated rings. The third-order valence-corrected chi connectivity index (χ3v) is 4.56. The Hall–Kier alpha value is -0.940. The molecule has 1 aromatic rings. The lowest BCUT2D eigenvalue weighted by atomic mass is 9.80. The van der Waals surface area contributed by atoms with Gasteiger partial charge in [-0.25, -0.2) is 0 Å². The first-order valence-electron chi connectivity index (χ1n) is 6.69. The van der Waals surface area contributed by atoms with Crippen LogP contribution in [0.25, 0.3) is 0 Å². The number of hydrogen-bond donors (Lipinski definition) is 1. The summed E-state index contributed by atoms with van der Waals surface area (Å²) in [6, 6.07) is 0. The number of aromatic nitrogens is 2. The van der Waals surface area contributed by atoms with E-state index in [2.05, 4.69) is 24.0 Å². The van der Waals surface area contributed by atoms with Gasteiger partial charge in [-0.3, -0.25) is 0 Å². The van der Waals surface area contributed by atoms with E-state index in [1.54, 1.807) is 0 Å². The van der Waals surface area contributed by atoms with E-state index in [-0.39, 0.29) is 5.41 Å². The van der Waals surface area contributed by atoms with E-state index in [9.17, 15) is 0 Å². The normalized spacial score (nSPS) is 29.2. The summed E-state index contributed by atoms with van der Waals surface area (Å²) in [7, 11) is 0. The Morgan fingerprint density at radius 3 is 2.56 bits per heavy atom. The quantitative estimate of drug-likeness (QED) is 0.883. The molecular formula is C13H21N3O2. The highest BCUT2D eigenvalue weighted by Crippen LogP contribution is 2.57. The molecular weight excluding hydrogens is 230 g/mol. The molecule has 18 heavy (non-hydrogen) atoms. The molecule has 1 aromatic heterocycles. The lowest BCUT2D eigenvalue weighted by molar-refractivity contribution is 0.0409. The van der Waals surface area contributed by atoms with Gasteiger partial charge in [0.1, 0.15) is 0 Å². The van der Waals surface area contributed by atoms with Gasteiger partial charge in [-0.2, -0.15) is 4.98 Å². The van der Waals surface area contributed by atoms with Crippen LogP contribution in [0.2, 0.25) is 0 Å². The van der Waals surface area contributed by atoms with Crippen LogP contribution in [0.15, 0.2) is 4.52 Å². The minimum Gasteiger partial charge on any atom is -0.381 e. The molecule has 0 aromatic carbocycles. The number of nitrogens with two attached hydrogens (primary N) is 1. The number of ether oxygens (including phenoxy) is 1. The first-order valence-corrected chi connectivity index (χ1v) is 6.69. The molecule has 1 saturated carbocycles. The molecule has 0 bridgehead atoms. The summed E-state index contributed by atoms with van der Waals surface area (Å²) >= 11 is 0. The van der Waals surface area contributed by atoms with Crippen LogP contribution in [0.3, 0.4) is 0 Å². The van der Waals surface area contributed by atoms with Crippen molar-refractivity contribution in [1.29, 1.82) is 0 Å². The van der Waals surface area contributed by atoms with Gasteiger partial charge in [0.25, 0.3) is 0 Å². The zero-order valence-electron chi connectivity index (χ0n) is 11.1. The van der Waals surface area contributed by atoms with Gasteiger partial charge in [0.05, 0.1) is 5.41 Å². The average molecular weight is 251 g/mol. The van der Waals surface area contributed by atoms with E-state index < -0.39 is 0 Å². The van der Waals surface area contributed by atoms with Crippen LogP contribution in [0.4, 0.5) is 0 Å². The molecule has 0 radical (unpaired) electrons. The van der Waals surface area contributed by atoms with Crippen molar-refractivity contribution in [3.63, 3.8) is 0 Å². The molecule has 1 saturated heterocycles. The van der Waals surface area contributed by atoms with Crippen molar-refractivity contribution in [2.75, 3.05) is 19.8 Å². The van der Waals surface area contributed by atoms with Gasteiger partial charge in [0.2, 0.25) is 5.89 Å². The number of hydrogen-bond acceptors (Lipinski definition) is 5. The molecule has 2 heterocycles. The Morgan fingerprint density at radius 2 is 2.00 bits per heavy atom. The Balaban J connectivity index is 1.83. The van der Waals surface area contributed by atoms with Crippen LogP contribution < -0.4 is 5.73 Å². The highest BCUT2D eigenvalue weighted by Gasteiger charge is 2.50. The Morgan fingerprint density at radius 1 is 1.33 bits per heavy atom. The molecule has 5 nitrogen and oxygen atoms in total. The van der Waals surface area contributed by atoms with Gasteiger partial charge in [-0.05, 0) is 24.7 Å². The SMILES string of the molecule is CC1(C)CC1c1noc(C2(CN)CCOCC2)n1. The summed E-state index contributed by atoms with van der Waals surface area (Å²) in [5, 5.41) is 4.16. The topological polar surface area (TPSA) is 74.2 Å². The lowest BCUT2D eigenvalue weighted by Gasteiger charge is -2.32. The molecule has 1 aliphatic heterocycles. The van der Waals surface area contributed by atoms with Gasteiger partial charge < -0.3 is 15.0 Å². The summed E-state index contributed by atoms with van der Waals surface area (Å²) in [6.07, 6.45) is 2.89. The van der Waals surface area contributed by atoms with Crippen LogP contribution in [-0.2, 0) is 10.2 Å². The minimum absolute atomic E-state index is 0.164. The van der Waals surface area contributed by atoms with Crippen molar-refractivity contribution in [3.05, 3.63) is 11.7 Å². The first-order chi connectivity index (χ1) is 8.57. The molecule has 2 N–H and O–H groups in total. The maximum Gasteiger partial charge on any atom is 0.234 e. The predicted octanol–water partition coefficient (Wildman–Crippen LogP) is 1.59.